The number of aliphatic hydroxyl groups excluding tert-OH is 1. The first-order chi connectivity index (χ1) is 13.1. The highest BCUT2D eigenvalue weighted by atomic mass is 79.9. The number of benzene rings is 2. The number of carbonyl (C=O) groups is 1. The summed E-state index contributed by atoms with van der Waals surface area (Å²) in [6.45, 7) is 3.95. The zero-order valence-electron chi connectivity index (χ0n) is 15.5. The molecular weight excluding hydrogens is 404 g/mol. The molecule has 0 saturated carbocycles. The van der Waals surface area contributed by atoms with Gasteiger partial charge in [0.2, 0.25) is 0 Å². The first-order valence-electron chi connectivity index (χ1n) is 9.63. The highest BCUT2D eigenvalue weighted by molar-refractivity contribution is 9.10. The van der Waals surface area contributed by atoms with Crippen molar-refractivity contribution in [2.24, 2.45) is 0 Å². The van der Waals surface area contributed by atoms with Crippen LogP contribution in [0.4, 0.5) is 0 Å². The standard InChI is InChI=1S/C22H25BrN2O2/c1-2-14-12-25(22(27)18-8-7-17(23)10-19(14)18)13-21(26)20-9-15-5-3-4-6-16(15)11-24-20/h3-8,10,14,20-21,24,26H,2,9,11-13H2,1H3/t14-,20-,21-/m0/s1. The van der Waals surface area contributed by atoms with Crippen molar-refractivity contribution in [3.05, 3.63) is 69.2 Å². The average molecular weight is 429 g/mol. The second kappa shape index (κ2) is 7.74. The lowest BCUT2D eigenvalue weighted by atomic mass is 9.87. The molecule has 0 aromatic heterocycles. The molecule has 2 aromatic carbocycles. The first-order valence-corrected chi connectivity index (χ1v) is 10.4. The third-order valence-corrected chi connectivity index (χ3v) is 6.38. The van der Waals surface area contributed by atoms with Gasteiger partial charge in [-0.05, 0) is 47.7 Å². The third kappa shape index (κ3) is 3.68. The van der Waals surface area contributed by atoms with Crippen molar-refractivity contribution in [2.75, 3.05) is 13.1 Å². The highest BCUT2D eigenvalue weighted by Crippen LogP contribution is 2.33. The van der Waals surface area contributed by atoms with Crippen LogP contribution in [0.3, 0.4) is 0 Å². The molecule has 2 aromatic rings. The fraction of sp³-hybridized carbons (Fsp3) is 0.409. The van der Waals surface area contributed by atoms with Gasteiger partial charge in [0, 0.05) is 41.6 Å². The highest BCUT2D eigenvalue weighted by Gasteiger charge is 2.33. The molecule has 4 rings (SSSR count). The van der Waals surface area contributed by atoms with Gasteiger partial charge in [0.1, 0.15) is 0 Å². The summed E-state index contributed by atoms with van der Waals surface area (Å²) in [4.78, 5) is 14.8. The minimum absolute atomic E-state index is 0.0254. The van der Waals surface area contributed by atoms with Gasteiger partial charge in [-0.1, -0.05) is 47.1 Å². The van der Waals surface area contributed by atoms with E-state index in [0.717, 1.165) is 35.0 Å². The summed E-state index contributed by atoms with van der Waals surface area (Å²) in [7, 11) is 0. The minimum Gasteiger partial charge on any atom is -0.390 e. The Morgan fingerprint density at radius 1 is 1.26 bits per heavy atom. The maximum absolute atomic E-state index is 13.0. The Morgan fingerprint density at radius 2 is 2.04 bits per heavy atom. The Balaban J connectivity index is 1.49. The van der Waals surface area contributed by atoms with Crippen LogP contribution in [0.2, 0.25) is 0 Å². The molecule has 2 N–H and O–H groups in total. The molecular formula is C22H25BrN2O2. The molecule has 0 bridgehead atoms. The number of amides is 1. The van der Waals surface area contributed by atoms with Crippen LogP contribution in [0.25, 0.3) is 0 Å². The lowest BCUT2D eigenvalue weighted by molar-refractivity contribution is 0.0484. The minimum atomic E-state index is -0.586. The SMILES string of the molecule is CC[C@H]1CN(C[C@H](O)[C@@H]2Cc3ccccc3CN2)C(=O)c2ccc(Br)cc21. The van der Waals surface area contributed by atoms with E-state index < -0.39 is 6.10 Å². The van der Waals surface area contributed by atoms with E-state index in [1.165, 1.54) is 11.1 Å². The summed E-state index contributed by atoms with van der Waals surface area (Å²) in [5.74, 6) is 0.333. The van der Waals surface area contributed by atoms with E-state index in [0.29, 0.717) is 19.0 Å². The summed E-state index contributed by atoms with van der Waals surface area (Å²) in [5, 5.41) is 14.3. The topological polar surface area (TPSA) is 52.6 Å². The van der Waals surface area contributed by atoms with Crippen LogP contribution in [-0.2, 0) is 13.0 Å². The Morgan fingerprint density at radius 3 is 2.81 bits per heavy atom. The van der Waals surface area contributed by atoms with E-state index in [4.69, 9.17) is 0 Å². The van der Waals surface area contributed by atoms with Crippen molar-refractivity contribution in [3.8, 4) is 0 Å². The number of hydrogen-bond acceptors (Lipinski definition) is 3. The van der Waals surface area contributed by atoms with Crippen LogP contribution >= 0.6 is 15.9 Å². The van der Waals surface area contributed by atoms with Gasteiger partial charge in [-0.3, -0.25) is 4.79 Å². The quantitative estimate of drug-likeness (QED) is 0.783. The van der Waals surface area contributed by atoms with Crippen molar-refractivity contribution in [3.63, 3.8) is 0 Å². The van der Waals surface area contributed by atoms with E-state index >= 15 is 0 Å². The van der Waals surface area contributed by atoms with Gasteiger partial charge < -0.3 is 15.3 Å². The lowest BCUT2D eigenvalue weighted by Gasteiger charge is -2.37. The average Bonchev–Trinajstić information content (AvgIpc) is 2.69. The molecule has 0 spiro atoms. The summed E-state index contributed by atoms with van der Waals surface area (Å²) in [6, 6.07) is 14.2. The van der Waals surface area contributed by atoms with E-state index in [1.54, 1.807) is 0 Å². The van der Waals surface area contributed by atoms with Gasteiger partial charge in [0.05, 0.1) is 6.10 Å². The number of nitrogens with zero attached hydrogens (tertiary/aromatic N) is 1. The predicted octanol–water partition coefficient (Wildman–Crippen LogP) is 3.47. The molecule has 4 nitrogen and oxygen atoms in total. The maximum atomic E-state index is 13.0. The zero-order chi connectivity index (χ0) is 19.0. The van der Waals surface area contributed by atoms with Crippen LogP contribution in [0.5, 0.6) is 0 Å². The smallest absolute Gasteiger partial charge is 0.254 e. The number of carbonyl (C=O) groups excluding carboxylic acids is 1. The van der Waals surface area contributed by atoms with Crippen molar-refractivity contribution in [1.29, 1.82) is 0 Å². The summed E-state index contributed by atoms with van der Waals surface area (Å²) in [6.07, 6.45) is 1.18. The fourth-order valence-electron chi connectivity index (χ4n) is 4.29. The third-order valence-electron chi connectivity index (χ3n) is 5.89. The van der Waals surface area contributed by atoms with Crippen molar-refractivity contribution in [1.82, 2.24) is 10.2 Å². The van der Waals surface area contributed by atoms with Crippen LogP contribution in [0.15, 0.2) is 46.9 Å². The molecule has 0 saturated heterocycles. The molecule has 2 heterocycles. The predicted molar refractivity (Wildman–Crippen MR) is 110 cm³/mol. The fourth-order valence-corrected chi connectivity index (χ4v) is 4.67. The summed E-state index contributed by atoms with van der Waals surface area (Å²) >= 11 is 3.51. The molecule has 2 aliphatic rings. The van der Waals surface area contributed by atoms with Gasteiger partial charge in [-0.2, -0.15) is 0 Å². The Bertz CT molecular complexity index is 854. The zero-order valence-corrected chi connectivity index (χ0v) is 17.1. The number of halogens is 1. The Kier molecular flexibility index (Phi) is 5.35. The lowest BCUT2D eigenvalue weighted by Crippen LogP contribution is -2.52. The molecule has 1 amide bonds. The number of aliphatic hydroxyl groups is 1. The van der Waals surface area contributed by atoms with Gasteiger partial charge in [-0.25, -0.2) is 0 Å². The van der Waals surface area contributed by atoms with Crippen LogP contribution in [0.1, 0.15) is 46.3 Å². The van der Waals surface area contributed by atoms with Gasteiger partial charge >= 0.3 is 0 Å². The molecule has 27 heavy (non-hydrogen) atoms. The number of fused-ring (bicyclic) bond motifs is 2. The van der Waals surface area contributed by atoms with Crippen LogP contribution in [-0.4, -0.2) is 41.1 Å². The van der Waals surface area contributed by atoms with E-state index in [2.05, 4.69) is 46.4 Å². The summed E-state index contributed by atoms with van der Waals surface area (Å²) < 4.78 is 1.01. The Labute approximate surface area is 168 Å². The molecule has 0 fully saturated rings. The molecule has 0 unspecified atom stereocenters. The van der Waals surface area contributed by atoms with Crippen molar-refractivity contribution < 1.29 is 9.90 Å². The molecule has 0 aliphatic carbocycles. The second-order valence-electron chi connectivity index (χ2n) is 7.57. The van der Waals surface area contributed by atoms with E-state index in [-0.39, 0.29) is 11.9 Å². The van der Waals surface area contributed by atoms with E-state index in [1.807, 2.05) is 29.2 Å². The largest absolute Gasteiger partial charge is 0.390 e. The number of β-amino-alcohol motifs (C(OH)–C–C–N with tert-alkyl or cyclic N) is 1. The molecule has 0 radical (unpaired) electrons. The maximum Gasteiger partial charge on any atom is 0.254 e. The van der Waals surface area contributed by atoms with Gasteiger partial charge in [-0.15, -0.1) is 0 Å². The van der Waals surface area contributed by atoms with Crippen molar-refractivity contribution in [2.45, 2.75) is 44.4 Å². The number of hydrogen-bond donors (Lipinski definition) is 2. The normalized spacial score (nSPS) is 22.9. The molecule has 142 valence electrons. The monoisotopic (exact) mass is 428 g/mol. The van der Waals surface area contributed by atoms with Gasteiger partial charge in [0.15, 0.2) is 0 Å². The number of rotatable bonds is 4. The van der Waals surface area contributed by atoms with E-state index in [9.17, 15) is 9.90 Å². The van der Waals surface area contributed by atoms with Gasteiger partial charge in [0.25, 0.3) is 5.91 Å². The second-order valence-corrected chi connectivity index (χ2v) is 8.49. The summed E-state index contributed by atoms with van der Waals surface area (Å²) in [5.41, 5.74) is 4.46. The number of nitrogens with one attached hydrogen (secondary N) is 1. The van der Waals surface area contributed by atoms with Crippen molar-refractivity contribution >= 4 is 21.8 Å². The molecule has 3 atom stereocenters. The molecule has 5 heteroatoms. The Hall–Kier alpha value is -1.69. The van der Waals surface area contributed by atoms with Crippen LogP contribution in [0, 0.1) is 0 Å². The first kappa shape index (κ1) is 18.7. The van der Waals surface area contributed by atoms with Crippen LogP contribution < -0.4 is 5.32 Å². The molecule has 2 aliphatic heterocycles.